The Morgan fingerprint density at radius 1 is 1.56 bits per heavy atom. The number of halogens is 1. The summed E-state index contributed by atoms with van der Waals surface area (Å²) in [7, 11) is 1.28. The summed E-state index contributed by atoms with van der Waals surface area (Å²) >= 11 is 3.32. The minimum atomic E-state index is -0.560. The monoisotopic (exact) mass is 285 g/mol. The van der Waals surface area contributed by atoms with Crippen molar-refractivity contribution in [1.82, 2.24) is 0 Å². The fourth-order valence-electron chi connectivity index (χ4n) is 1.28. The summed E-state index contributed by atoms with van der Waals surface area (Å²) in [4.78, 5) is 15.2. The molecule has 0 aliphatic carbocycles. The Kier molecular flexibility index (Phi) is 4.64. The van der Waals surface area contributed by atoms with E-state index in [4.69, 9.17) is 5.11 Å². The van der Waals surface area contributed by atoms with Gasteiger partial charge in [0.25, 0.3) is 0 Å². The van der Waals surface area contributed by atoms with Crippen molar-refractivity contribution in [3.05, 3.63) is 33.8 Å². The first-order valence-electron chi connectivity index (χ1n) is 4.60. The molecule has 1 aromatic rings. The molecule has 0 saturated carbocycles. The molecule has 0 amide bonds. The fourth-order valence-corrected chi connectivity index (χ4v) is 1.64. The molecule has 0 aliphatic heterocycles. The minimum Gasteiger partial charge on any atom is -0.464 e. The Morgan fingerprint density at radius 2 is 2.25 bits per heavy atom. The maximum absolute atomic E-state index is 11.5. The summed E-state index contributed by atoms with van der Waals surface area (Å²) in [5.74, 6) is -0.560. The molecule has 0 heterocycles. The minimum absolute atomic E-state index is 0.129. The first-order valence-corrected chi connectivity index (χ1v) is 5.39. The predicted octanol–water partition coefficient (Wildman–Crippen LogP) is 1.67. The van der Waals surface area contributed by atoms with E-state index in [0.717, 1.165) is 10.0 Å². The molecule has 0 spiro atoms. The number of hydrogen-bond acceptors (Lipinski definition) is 4. The molecule has 5 heteroatoms. The lowest BCUT2D eigenvalue weighted by atomic mass is 10.0. The highest BCUT2D eigenvalue weighted by Gasteiger charge is 2.16. The van der Waals surface area contributed by atoms with Crippen LogP contribution in [-0.2, 0) is 9.53 Å². The van der Waals surface area contributed by atoms with E-state index in [1.165, 1.54) is 7.11 Å². The third-order valence-corrected chi connectivity index (χ3v) is 2.56. The Bertz CT molecular complexity index is 429. The highest BCUT2D eigenvalue weighted by Crippen LogP contribution is 2.17. The number of carbonyl (C=O) groups excluding carboxylic acids is 1. The molecular formula is C11H12BrNO3. The van der Waals surface area contributed by atoms with Gasteiger partial charge in [-0.3, -0.25) is 0 Å². The first kappa shape index (κ1) is 12.9. The number of benzene rings is 1. The second kappa shape index (κ2) is 5.77. The van der Waals surface area contributed by atoms with E-state index in [1.807, 2.05) is 19.1 Å². The maximum atomic E-state index is 11.5. The SMILES string of the molecule is COC(=O)/C(=N/CO)c1cc(Br)ccc1C. The summed E-state index contributed by atoms with van der Waals surface area (Å²) in [6, 6.07) is 5.49. The van der Waals surface area contributed by atoms with Crippen molar-refractivity contribution < 1.29 is 14.6 Å². The van der Waals surface area contributed by atoms with E-state index >= 15 is 0 Å². The molecule has 86 valence electrons. The van der Waals surface area contributed by atoms with Gasteiger partial charge in [0.1, 0.15) is 6.73 Å². The summed E-state index contributed by atoms with van der Waals surface area (Å²) in [5.41, 5.74) is 1.67. The quantitative estimate of drug-likeness (QED) is 0.679. The predicted molar refractivity (Wildman–Crippen MR) is 64.5 cm³/mol. The first-order chi connectivity index (χ1) is 7.60. The van der Waals surface area contributed by atoms with Gasteiger partial charge in [0.2, 0.25) is 0 Å². The standard InChI is InChI=1S/C11H12BrNO3/c1-7-3-4-8(12)5-9(7)10(13-6-14)11(15)16-2/h3-5,14H,6H2,1-2H3/b13-10+. The van der Waals surface area contributed by atoms with Crippen LogP contribution in [0.5, 0.6) is 0 Å². The molecule has 4 nitrogen and oxygen atoms in total. The van der Waals surface area contributed by atoms with Crippen LogP contribution in [0.4, 0.5) is 0 Å². The number of carbonyl (C=O) groups is 1. The average Bonchev–Trinajstić information content (AvgIpc) is 2.28. The fraction of sp³-hybridized carbons (Fsp3) is 0.273. The molecule has 1 rings (SSSR count). The second-order valence-electron chi connectivity index (χ2n) is 3.10. The van der Waals surface area contributed by atoms with Crippen LogP contribution >= 0.6 is 15.9 Å². The van der Waals surface area contributed by atoms with Gasteiger partial charge in [0.15, 0.2) is 5.71 Å². The number of methoxy groups -OCH3 is 1. The molecule has 0 saturated heterocycles. The van der Waals surface area contributed by atoms with E-state index in [9.17, 15) is 4.79 Å². The molecular weight excluding hydrogens is 274 g/mol. The highest BCUT2D eigenvalue weighted by molar-refractivity contribution is 9.10. The van der Waals surface area contributed by atoms with Gasteiger partial charge in [0.05, 0.1) is 7.11 Å². The van der Waals surface area contributed by atoms with Crippen molar-refractivity contribution in [2.75, 3.05) is 13.8 Å². The van der Waals surface area contributed by atoms with Crippen LogP contribution < -0.4 is 0 Å². The third-order valence-electron chi connectivity index (χ3n) is 2.06. The van der Waals surface area contributed by atoms with E-state index < -0.39 is 12.7 Å². The summed E-state index contributed by atoms with van der Waals surface area (Å²) in [6.07, 6.45) is 0. The molecule has 1 aromatic carbocycles. The number of esters is 1. The molecule has 0 bridgehead atoms. The zero-order valence-corrected chi connectivity index (χ0v) is 10.6. The Labute approximate surface area is 102 Å². The van der Waals surface area contributed by atoms with Gasteiger partial charge in [-0.05, 0) is 24.6 Å². The lowest BCUT2D eigenvalue weighted by Crippen LogP contribution is -2.19. The molecule has 0 atom stereocenters. The Morgan fingerprint density at radius 3 is 2.81 bits per heavy atom. The van der Waals surface area contributed by atoms with Gasteiger partial charge < -0.3 is 9.84 Å². The van der Waals surface area contributed by atoms with Gasteiger partial charge in [0, 0.05) is 10.0 Å². The average molecular weight is 286 g/mol. The second-order valence-corrected chi connectivity index (χ2v) is 4.01. The van der Waals surface area contributed by atoms with Gasteiger partial charge in [-0.25, -0.2) is 9.79 Å². The maximum Gasteiger partial charge on any atom is 0.356 e. The largest absolute Gasteiger partial charge is 0.464 e. The van der Waals surface area contributed by atoms with Crippen LogP contribution in [0.1, 0.15) is 11.1 Å². The van der Waals surface area contributed by atoms with Gasteiger partial charge in [-0.15, -0.1) is 0 Å². The number of rotatable bonds is 3. The number of aliphatic hydroxyl groups excluding tert-OH is 1. The summed E-state index contributed by atoms with van der Waals surface area (Å²) in [5, 5.41) is 8.80. The van der Waals surface area contributed by atoms with Crippen molar-refractivity contribution >= 4 is 27.6 Å². The Hall–Kier alpha value is -1.20. The van der Waals surface area contributed by atoms with Crippen LogP contribution in [0, 0.1) is 6.92 Å². The van der Waals surface area contributed by atoms with Crippen molar-refractivity contribution in [2.45, 2.75) is 6.92 Å². The Balaban J connectivity index is 3.26. The number of aryl methyl sites for hydroxylation is 1. The number of ether oxygens (including phenoxy) is 1. The summed E-state index contributed by atoms with van der Waals surface area (Å²) in [6.45, 7) is 1.41. The van der Waals surface area contributed by atoms with Crippen molar-refractivity contribution in [3.8, 4) is 0 Å². The smallest absolute Gasteiger partial charge is 0.356 e. The molecule has 0 unspecified atom stereocenters. The normalized spacial score (nSPS) is 11.4. The van der Waals surface area contributed by atoms with Gasteiger partial charge >= 0.3 is 5.97 Å². The number of hydrogen-bond donors (Lipinski definition) is 1. The van der Waals surface area contributed by atoms with Crippen LogP contribution in [0.25, 0.3) is 0 Å². The molecule has 1 N–H and O–H groups in total. The zero-order chi connectivity index (χ0) is 12.1. The number of aliphatic imine (C=N–C) groups is 1. The molecule has 0 fully saturated rings. The van der Waals surface area contributed by atoms with E-state index in [1.54, 1.807) is 6.07 Å². The third kappa shape index (κ3) is 2.90. The molecule has 16 heavy (non-hydrogen) atoms. The topological polar surface area (TPSA) is 58.9 Å². The van der Waals surface area contributed by atoms with Crippen LogP contribution in [0.3, 0.4) is 0 Å². The van der Waals surface area contributed by atoms with Gasteiger partial charge in [-0.2, -0.15) is 0 Å². The van der Waals surface area contributed by atoms with E-state index in [0.29, 0.717) is 5.56 Å². The van der Waals surface area contributed by atoms with Crippen LogP contribution in [0.2, 0.25) is 0 Å². The lowest BCUT2D eigenvalue weighted by Gasteiger charge is -2.08. The zero-order valence-electron chi connectivity index (χ0n) is 9.03. The lowest BCUT2D eigenvalue weighted by molar-refractivity contribution is -0.132. The number of aliphatic hydroxyl groups is 1. The van der Waals surface area contributed by atoms with Crippen molar-refractivity contribution in [1.29, 1.82) is 0 Å². The highest BCUT2D eigenvalue weighted by atomic mass is 79.9. The van der Waals surface area contributed by atoms with Crippen molar-refractivity contribution in [3.63, 3.8) is 0 Å². The number of nitrogens with zero attached hydrogens (tertiary/aromatic N) is 1. The van der Waals surface area contributed by atoms with Gasteiger partial charge in [-0.1, -0.05) is 22.0 Å². The molecule has 0 aromatic heterocycles. The van der Waals surface area contributed by atoms with Crippen LogP contribution in [0.15, 0.2) is 27.7 Å². The molecule has 0 aliphatic rings. The van der Waals surface area contributed by atoms with E-state index in [-0.39, 0.29) is 5.71 Å². The molecule has 0 radical (unpaired) electrons. The van der Waals surface area contributed by atoms with Crippen LogP contribution in [-0.4, -0.2) is 30.6 Å². The van der Waals surface area contributed by atoms with Crippen molar-refractivity contribution in [2.24, 2.45) is 4.99 Å². The summed E-state index contributed by atoms with van der Waals surface area (Å²) < 4.78 is 5.45. The van der Waals surface area contributed by atoms with E-state index in [2.05, 4.69) is 25.7 Å².